The summed E-state index contributed by atoms with van der Waals surface area (Å²) in [5.74, 6) is 0. The quantitative estimate of drug-likeness (QED) is 0.680. The molecule has 7 nitrogen and oxygen atoms in total. The molecule has 3 rings (SSSR count). The molecule has 0 amide bonds. The van der Waals surface area contributed by atoms with E-state index < -0.39 is 10.0 Å². The van der Waals surface area contributed by atoms with E-state index in [9.17, 15) is 13.2 Å². The highest BCUT2D eigenvalue weighted by Gasteiger charge is 2.18. The summed E-state index contributed by atoms with van der Waals surface area (Å²) in [4.78, 5) is 20.0. The van der Waals surface area contributed by atoms with Gasteiger partial charge in [0.1, 0.15) is 0 Å². The molecule has 3 aromatic rings. The Morgan fingerprint density at radius 3 is 2.70 bits per heavy atom. The maximum atomic E-state index is 12.1. The first-order chi connectivity index (χ1) is 9.44. The number of hydrogen-bond donors (Lipinski definition) is 3. The van der Waals surface area contributed by atoms with Crippen molar-refractivity contribution in [1.29, 1.82) is 0 Å². The normalized spacial score (nSPS) is 11.8. The summed E-state index contributed by atoms with van der Waals surface area (Å²) in [6.45, 7) is 0. The van der Waals surface area contributed by atoms with Crippen molar-refractivity contribution in [3.8, 4) is 0 Å². The van der Waals surface area contributed by atoms with Crippen LogP contribution in [0.1, 0.15) is 0 Å². The highest BCUT2D eigenvalue weighted by Crippen LogP contribution is 2.25. The van der Waals surface area contributed by atoms with Crippen molar-refractivity contribution in [1.82, 2.24) is 15.0 Å². The second-order valence-corrected chi connectivity index (χ2v) is 7.40. The molecule has 0 atom stereocenters. The largest absolute Gasteiger partial charge is 0.323 e. The number of aromatic amines is 2. The van der Waals surface area contributed by atoms with Gasteiger partial charge in [0.2, 0.25) is 0 Å². The third kappa shape index (κ3) is 2.42. The van der Waals surface area contributed by atoms with Crippen LogP contribution < -0.4 is 10.4 Å². The van der Waals surface area contributed by atoms with Gasteiger partial charge >= 0.3 is 5.69 Å². The number of benzene rings is 1. The van der Waals surface area contributed by atoms with Gasteiger partial charge in [-0.25, -0.2) is 18.2 Å². The predicted octanol–water partition coefficient (Wildman–Crippen LogP) is 1.77. The van der Waals surface area contributed by atoms with E-state index in [1.807, 2.05) is 0 Å². The Kier molecular flexibility index (Phi) is 3.04. The standard InChI is InChI=1S/C10H7ClN4O3S2/c11-9-12-4-8(19-9)20(17,18)15-5-1-2-6-7(3-5)14-10(16)13-6/h1-4,15H,(H2,13,14,16). The first-order valence-corrected chi connectivity index (χ1v) is 7.98. The minimum atomic E-state index is -3.73. The SMILES string of the molecule is O=c1[nH]c2ccc(NS(=O)(=O)c3cnc(Cl)s3)cc2[nH]1. The van der Waals surface area contributed by atoms with Crippen LogP contribution in [0.3, 0.4) is 0 Å². The van der Waals surface area contributed by atoms with E-state index in [1.54, 1.807) is 12.1 Å². The van der Waals surface area contributed by atoms with E-state index in [0.717, 1.165) is 11.3 Å². The van der Waals surface area contributed by atoms with Crippen molar-refractivity contribution in [2.75, 3.05) is 4.72 Å². The molecule has 2 heterocycles. The summed E-state index contributed by atoms with van der Waals surface area (Å²) < 4.78 is 26.7. The van der Waals surface area contributed by atoms with Crippen LogP contribution in [0.25, 0.3) is 11.0 Å². The molecule has 0 aliphatic carbocycles. The number of halogens is 1. The summed E-state index contributed by atoms with van der Waals surface area (Å²) in [6, 6.07) is 4.67. The summed E-state index contributed by atoms with van der Waals surface area (Å²) in [5.41, 5.74) is 1.09. The molecule has 2 aromatic heterocycles. The number of H-pyrrole nitrogens is 2. The Morgan fingerprint density at radius 1 is 1.25 bits per heavy atom. The Morgan fingerprint density at radius 2 is 2.00 bits per heavy atom. The van der Waals surface area contributed by atoms with Crippen LogP contribution in [0.4, 0.5) is 5.69 Å². The van der Waals surface area contributed by atoms with Gasteiger partial charge in [0.15, 0.2) is 8.68 Å². The molecule has 0 aliphatic rings. The number of sulfonamides is 1. The number of imidazole rings is 1. The number of aromatic nitrogens is 3. The van der Waals surface area contributed by atoms with Gasteiger partial charge in [0.05, 0.1) is 22.9 Å². The highest BCUT2D eigenvalue weighted by atomic mass is 35.5. The van der Waals surface area contributed by atoms with E-state index in [-0.39, 0.29) is 14.4 Å². The van der Waals surface area contributed by atoms with Crippen molar-refractivity contribution in [2.45, 2.75) is 4.21 Å². The number of hydrogen-bond acceptors (Lipinski definition) is 5. The second-order valence-electron chi connectivity index (χ2n) is 3.88. The van der Waals surface area contributed by atoms with Crippen molar-refractivity contribution >= 4 is 49.7 Å². The fourth-order valence-electron chi connectivity index (χ4n) is 1.66. The zero-order valence-electron chi connectivity index (χ0n) is 9.68. The van der Waals surface area contributed by atoms with Crippen molar-refractivity contribution in [3.05, 3.63) is 39.3 Å². The number of nitrogens with zero attached hydrogens (tertiary/aromatic N) is 1. The third-order valence-electron chi connectivity index (χ3n) is 2.49. The van der Waals surface area contributed by atoms with E-state index in [4.69, 9.17) is 11.6 Å². The topological polar surface area (TPSA) is 108 Å². The van der Waals surface area contributed by atoms with Gasteiger partial charge in [-0.2, -0.15) is 0 Å². The first kappa shape index (κ1) is 13.2. The van der Waals surface area contributed by atoms with Crippen LogP contribution in [0, 0.1) is 0 Å². The smallest absolute Gasteiger partial charge is 0.306 e. The average Bonchev–Trinajstić information content (AvgIpc) is 2.93. The fraction of sp³-hybridized carbons (Fsp3) is 0. The van der Waals surface area contributed by atoms with Gasteiger partial charge < -0.3 is 9.97 Å². The fourth-order valence-corrected chi connectivity index (χ4v) is 4.01. The van der Waals surface area contributed by atoms with Crippen LogP contribution in [-0.2, 0) is 10.0 Å². The molecule has 20 heavy (non-hydrogen) atoms. The molecule has 0 saturated carbocycles. The molecule has 104 valence electrons. The molecule has 0 unspecified atom stereocenters. The van der Waals surface area contributed by atoms with E-state index in [2.05, 4.69) is 19.7 Å². The Bertz CT molecular complexity index is 941. The maximum Gasteiger partial charge on any atom is 0.323 e. The zero-order chi connectivity index (χ0) is 14.3. The van der Waals surface area contributed by atoms with E-state index >= 15 is 0 Å². The lowest BCUT2D eigenvalue weighted by molar-refractivity contribution is 0.603. The summed E-state index contributed by atoms with van der Waals surface area (Å²) in [6.07, 6.45) is 1.19. The zero-order valence-corrected chi connectivity index (χ0v) is 12.1. The monoisotopic (exact) mass is 330 g/mol. The maximum absolute atomic E-state index is 12.1. The highest BCUT2D eigenvalue weighted by molar-refractivity contribution is 7.94. The minimum absolute atomic E-state index is 0.0187. The third-order valence-corrected chi connectivity index (χ3v) is 5.45. The van der Waals surface area contributed by atoms with E-state index in [1.165, 1.54) is 12.3 Å². The molecule has 0 radical (unpaired) electrons. The Balaban J connectivity index is 1.98. The predicted molar refractivity (Wildman–Crippen MR) is 76.9 cm³/mol. The first-order valence-electron chi connectivity index (χ1n) is 5.30. The molecule has 10 heteroatoms. The van der Waals surface area contributed by atoms with Crippen LogP contribution in [0.2, 0.25) is 4.47 Å². The van der Waals surface area contributed by atoms with Crippen LogP contribution >= 0.6 is 22.9 Å². The van der Waals surface area contributed by atoms with Crippen molar-refractivity contribution < 1.29 is 8.42 Å². The van der Waals surface area contributed by atoms with Crippen molar-refractivity contribution in [3.63, 3.8) is 0 Å². The molecule has 0 bridgehead atoms. The van der Waals surface area contributed by atoms with Crippen molar-refractivity contribution in [2.24, 2.45) is 0 Å². The summed E-state index contributed by atoms with van der Waals surface area (Å²) >= 11 is 6.48. The van der Waals surface area contributed by atoms with Gasteiger partial charge in [-0.05, 0) is 18.2 Å². The number of rotatable bonds is 3. The van der Waals surface area contributed by atoms with Gasteiger partial charge in [-0.3, -0.25) is 4.72 Å². The molecule has 0 saturated heterocycles. The second kappa shape index (κ2) is 4.62. The minimum Gasteiger partial charge on any atom is -0.306 e. The Hall–Kier alpha value is -1.84. The van der Waals surface area contributed by atoms with Gasteiger partial charge in [-0.15, -0.1) is 0 Å². The van der Waals surface area contributed by atoms with Gasteiger partial charge in [0, 0.05) is 0 Å². The number of anilines is 1. The van der Waals surface area contributed by atoms with Gasteiger partial charge in [0.25, 0.3) is 10.0 Å². The molecular formula is C10H7ClN4O3S2. The number of fused-ring (bicyclic) bond motifs is 1. The molecule has 0 aliphatic heterocycles. The van der Waals surface area contributed by atoms with Crippen LogP contribution in [0.15, 0.2) is 33.4 Å². The lowest BCUT2D eigenvalue weighted by Crippen LogP contribution is -2.11. The van der Waals surface area contributed by atoms with Crippen LogP contribution in [-0.4, -0.2) is 23.4 Å². The lowest BCUT2D eigenvalue weighted by atomic mass is 10.3. The Labute approximate surface area is 121 Å². The lowest BCUT2D eigenvalue weighted by Gasteiger charge is -2.05. The molecular weight excluding hydrogens is 324 g/mol. The molecule has 0 spiro atoms. The molecule has 3 N–H and O–H groups in total. The van der Waals surface area contributed by atoms with E-state index in [0.29, 0.717) is 16.7 Å². The van der Waals surface area contributed by atoms with Gasteiger partial charge in [-0.1, -0.05) is 22.9 Å². The average molecular weight is 331 g/mol. The van der Waals surface area contributed by atoms with Crippen LogP contribution in [0.5, 0.6) is 0 Å². The number of thiazole rings is 1. The number of nitrogens with one attached hydrogen (secondary N) is 3. The summed E-state index contributed by atoms with van der Waals surface area (Å²) in [7, 11) is -3.73. The molecule has 0 fully saturated rings. The molecule has 1 aromatic carbocycles. The summed E-state index contributed by atoms with van der Waals surface area (Å²) in [5, 5.41) is 0.